The van der Waals surface area contributed by atoms with Gasteiger partial charge >= 0.3 is 0 Å². The largest absolute Gasteiger partial charge is 0.459 e. The molecule has 1 aliphatic rings. The number of aromatic nitrogens is 1. The summed E-state index contributed by atoms with van der Waals surface area (Å²) in [7, 11) is 0. The van der Waals surface area contributed by atoms with Gasteiger partial charge in [-0.05, 0) is 62.1 Å². The van der Waals surface area contributed by atoms with Crippen molar-refractivity contribution in [1.82, 2.24) is 9.88 Å². The van der Waals surface area contributed by atoms with E-state index in [0.717, 1.165) is 40.4 Å². The third-order valence-corrected chi connectivity index (χ3v) is 6.14. The average Bonchev–Trinajstić information content (AvgIpc) is 3.32. The molecule has 1 N–H and O–H groups in total. The molecule has 3 aromatic rings. The Hall–Kier alpha value is -2.44. The van der Waals surface area contributed by atoms with Crippen LogP contribution in [-0.2, 0) is 17.8 Å². The Kier molecular flexibility index (Phi) is 6.11. The van der Waals surface area contributed by atoms with Gasteiger partial charge < -0.3 is 9.73 Å². The Morgan fingerprint density at radius 1 is 1.28 bits per heavy atom. The predicted molar refractivity (Wildman–Crippen MR) is 117 cm³/mol. The van der Waals surface area contributed by atoms with Crippen LogP contribution in [0.4, 0.5) is 5.69 Å². The van der Waals surface area contributed by atoms with Crippen LogP contribution in [0.15, 0.2) is 46.2 Å². The second kappa shape index (κ2) is 8.93. The Morgan fingerprint density at radius 3 is 2.83 bits per heavy atom. The van der Waals surface area contributed by atoms with Gasteiger partial charge in [0, 0.05) is 24.2 Å². The van der Waals surface area contributed by atoms with Crippen molar-refractivity contribution < 1.29 is 9.21 Å². The third kappa shape index (κ3) is 5.34. The van der Waals surface area contributed by atoms with E-state index < -0.39 is 0 Å². The molecule has 1 aromatic carbocycles. The van der Waals surface area contributed by atoms with Crippen molar-refractivity contribution in [3.8, 4) is 10.8 Å². The number of benzene rings is 1. The molecule has 0 radical (unpaired) electrons. The summed E-state index contributed by atoms with van der Waals surface area (Å²) in [5.74, 6) is 2.33. The SMILES string of the molecule is Cc1ccc(-c2nc(CC(=O)Nc3ccc(CN4CCCC(C)C4)cc3)cs2)o1. The number of rotatable bonds is 6. The third-order valence-electron chi connectivity index (χ3n) is 5.23. The normalized spacial score (nSPS) is 17.4. The van der Waals surface area contributed by atoms with Gasteiger partial charge in [0.1, 0.15) is 5.76 Å². The van der Waals surface area contributed by atoms with E-state index in [2.05, 4.69) is 34.3 Å². The molecule has 1 atom stereocenters. The minimum absolute atomic E-state index is 0.0601. The monoisotopic (exact) mass is 409 g/mol. The molecule has 1 amide bonds. The summed E-state index contributed by atoms with van der Waals surface area (Å²) >= 11 is 1.49. The van der Waals surface area contributed by atoms with E-state index in [1.165, 1.54) is 42.8 Å². The minimum atomic E-state index is -0.0601. The maximum absolute atomic E-state index is 12.4. The number of hydrogen-bond acceptors (Lipinski definition) is 5. The molecule has 4 rings (SSSR count). The highest BCUT2D eigenvalue weighted by Crippen LogP contribution is 2.26. The number of nitrogens with one attached hydrogen (secondary N) is 1. The van der Waals surface area contributed by atoms with Gasteiger partial charge in [0.15, 0.2) is 10.8 Å². The van der Waals surface area contributed by atoms with E-state index >= 15 is 0 Å². The highest BCUT2D eigenvalue weighted by Gasteiger charge is 2.16. The van der Waals surface area contributed by atoms with Crippen molar-refractivity contribution >= 4 is 22.9 Å². The van der Waals surface area contributed by atoms with Gasteiger partial charge in [-0.1, -0.05) is 19.1 Å². The van der Waals surface area contributed by atoms with Crippen LogP contribution in [0, 0.1) is 12.8 Å². The van der Waals surface area contributed by atoms with Crippen LogP contribution >= 0.6 is 11.3 Å². The van der Waals surface area contributed by atoms with E-state index in [-0.39, 0.29) is 12.3 Å². The van der Waals surface area contributed by atoms with Crippen molar-refractivity contribution in [1.29, 1.82) is 0 Å². The van der Waals surface area contributed by atoms with E-state index in [9.17, 15) is 4.79 Å². The van der Waals surface area contributed by atoms with Crippen LogP contribution in [0.25, 0.3) is 10.8 Å². The number of nitrogens with zero attached hydrogens (tertiary/aromatic N) is 2. The number of aryl methyl sites for hydroxylation is 1. The Balaban J connectivity index is 1.30. The number of carbonyl (C=O) groups excluding carboxylic acids is 1. The molecule has 3 heterocycles. The zero-order valence-corrected chi connectivity index (χ0v) is 17.8. The molecule has 2 aromatic heterocycles. The fourth-order valence-corrected chi connectivity index (χ4v) is 4.58. The standard InChI is InChI=1S/C23H27N3O2S/c1-16-4-3-11-26(13-16)14-18-6-8-19(9-7-18)24-22(27)12-20-15-29-23(25-20)21-10-5-17(2)28-21/h5-10,15-16H,3-4,11-14H2,1-2H3,(H,24,27). The molecule has 6 heteroatoms. The number of anilines is 1. The van der Waals surface area contributed by atoms with Crippen LogP contribution in [0.3, 0.4) is 0 Å². The van der Waals surface area contributed by atoms with Gasteiger partial charge in [-0.25, -0.2) is 4.98 Å². The van der Waals surface area contributed by atoms with Gasteiger partial charge in [0.05, 0.1) is 12.1 Å². The van der Waals surface area contributed by atoms with Crippen molar-refractivity contribution in [2.75, 3.05) is 18.4 Å². The first-order valence-corrected chi connectivity index (χ1v) is 11.1. The molecule has 29 heavy (non-hydrogen) atoms. The number of likely N-dealkylation sites (tertiary alicyclic amines) is 1. The average molecular weight is 410 g/mol. The van der Waals surface area contributed by atoms with Crippen LogP contribution in [0.1, 0.15) is 36.8 Å². The van der Waals surface area contributed by atoms with Gasteiger partial charge in [-0.3, -0.25) is 9.69 Å². The van der Waals surface area contributed by atoms with Crippen molar-refractivity contribution in [2.24, 2.45) is 5.92 Å². The Bertz CT molecular complexity index is 961. The smallest absolute Gasteiger partial charge is 0.230 e. The molecule has 0 saturated carbocycles. The molecular formula is C23H27N3O2S. The fourth-order valence-electron chi connectivity index (χ4n) is 3.80. The van der Waals surface area contributed by atoms with Gasteiger partial charge in [0.2, 0.25) is 5.91 Å². The Labute approximate surface area is 175 Å². The van der Waals surface area contributed by atoms with Crippen LogP contribution in [-0.4, -0.2) is 28.9 Å². The van der Waals surface area contributed by atoms with Crippen LogP contribution in [0.2, 0.25) is 0 Å². The maximum Gasteiger partial charge on any atom is 0.230 e. The zero-order valence-electron chi connectivity index (χ0n) is 17.0. The maximum atomic E-state index is 12.4. The lowest BCUT2D eigenvalue weighted by molar-refractivity contribution is -0.115. The second-order valence-electron chi connectivity index (χ2n) is 7.96. The number of carbonyl (C=O) groups is 1. The lowest BCUT2D eigenvalue weighted by atomic mass is 10.00. The number of piperidine rings is 1. The van der Waals surface area contributed by atoms with Crippen molar-refractivity contribution in [3.05, 3.63) is 58.8 Å². The van der Waals surface area contributed by atoms with Crippen LogP contribution < -0.4 is 5.32 Å². The minimum Gasteiger partial charge on any atom is -0.459 e. The molecule has 152 valence electrons. The molecule has 0 spiro atoms. The lowest BCUT2D eigenvalue weighted by Crippen LogP contribution is -2.33. The molecule has 0 bridgehead atoms. The van der Waals surface area contributed by atoms with Gasteiger partial charge in [-0.2, -0.15) is 0 Å². The summed E-state index contributed by atoms with van der Waals surface area (Å²) in [5, 5.41) is 5.69. The topological polar surface area (TPSA) is 58.4 Å². The molecule has 5 nitrogen and oxygen atoms in total. The van der Waals surface area contributed by atoms with E-state index in [0.29, 0.717) is 0 Å². The number of furan rings is 1. The molecule has 1 saturated heterocycles. The van der Waals surface area contributed by atoms with E-state index in [1.807, 2.05) is 36.6 Å². The van der Waals surface area contributed by atoms with Crippen molar-refractivity contribution in [3.63, 3.8) is 0 Å². The molecule has 1 unspecified atom stereocenters. The second-order valence-corrected chi connectivity index (χ2v) is 8.82. The number of thiazole rings is 1. The summed E-state index contributed by atoms with van der Waals surface area (Å²) in [6.07, 6.45) is 2.87. The number of amides is 1. The first-order chi connectivity index (χ1) is 14.0. The summed E-state index contributed by atoms with van der Waals surface area (Å²) in [4.78, 5) is 19.4. The first kappa shape index (κ1) is 19.9. The summed E-state index contributed by atoms with van der Waals surface area (Å²) in [6, 6.07) is 12.0. The van der Waals surface area contributed by atoms with E-state index in [1.54, 1.807) is 0 Å². The molecule has 1 fully saturated rings. The van der Waals surface area contributed by atoms with Gasteiger partial charge in [-0.15, -0.1) is 11.3 Å². The van der Waals surface area contributed by atoms with Gasteiger partial charge in [0.25, 0.3) is 0 Å². The van der Waals surface area contributed by atoms with Crippen LogP contribution in [0.5, 0.6) is 0 Å². The lowest BCUT2D eigenvalue weighted by Gasteiger charge is -2.30. The quantitative estimate of drug-likeness (QED) is 0.613. The Morgan fingerprint density at radius 2 is 2.10 bits per heavy atom. The molecule has 0 aliphatic carbocycles. The fraction of sp³-hybridized carbons (Fsp3) is 0.391. The summed E-state index contributed by atoms with van der Waals surface area (Å²) in [6.45, 7) is 7.56. The van der Waals surface area contributed by atoms with E-state index in [4.69, 9.17) is 4.42 Å². The predicted octanol–water partition coefficient (Wildman–Crippen LogP) is 5.12. The molecular weight excluding hydrogens is 382 g/mol. The first-order valence-electron chi connectivity index (χ1n) is 10.2. The van der Waals surface area contributed by atoms with Crippen molar-refractivity contribution in [2.45, 2.75) is 39.7 Å². The number of hydrogen-bond donors (Lipinski definition) is 1. The highest BCUT2D eigenvalue weighted by atomic mass is 32.1. The molecule has 1 aliphatic heterocycles. The summed E-state index contributed by atoms with van der Waals surface area (Å²) < 4.78 is 5.60. The highest BCUT2D eigenvalue weighted by molar-refractivity contribution is 7.13. The zero-order chi connectivity index (χ0) is 20.2. The summed E-state index contributed by atoms with van der Waals surface area (Å²) in [5.41, 5.74) is 2.87.